The van der Waals surface area contributed by atoms with Crippen molar-refractivity contribution in [2.45, 2.75) is 85.9 Å². The number of hydrogen-bond acceptors (Lipinski definition) is 6. The van der Waals surface area contributed by atoms with Crippen LogP contribution in [0.3, 0.4) is 0 Å². The van der Waals surface area contributed by atoms with Gasteiger partial charge in [0.1, 0.15) is 24.1 Å². The van der Waals surface area contributed by atoms with Gasteiger partial charge in [-0.05, 0) is 85.9 Å². The molecule has 5 rings (SSSR count). The number of hydrogen-bond donors (Lipinski definition) is 0. The number of carbonyl (C=O) groups excluding carboxylic acids is 2. The van der Waals surface area contributed by atoms with Crippen molar-refractivity contribution in [1.82, 2.24) is 0 Å². The maximum Gasteiger partial charge on any atom is 0.334 e. The Labute approximate surface area is 298 Å². The average Bonchev–Trinajstić information content (AvgIpc) is 3.67. The number of furan rings is 1. The average molecular weight is 677 g/mol. The van der Waals surface area contributed by atoms with Crippen LogP contribution in [0.5, 0.6) is 0 Å². The maximum absolute atomic E-state index is 12.4. The molecule has 1 aromatic heterocycles. The van der Waals surface area contributed by atoms with Gasteiger partial charge >= 0.3 is 11.9 Å². The van der Waals surface area contributed by atoms with Crippen LogP contribution in [0.25, 0.3) is 11.0 Å². The molecule has 1 atom stereocenters. The van der Waals surface area contributed by atoms with Crippen LogP contribution in [0, 0.1) is 36.5 Å². The lowest BCUT2D eigenvalue weighted by molar-refractivity contribution is -0.152. The minimum absolute atomic E-state index is 0.0759. The first-order valence-electron chi connectivity index (χ1n) is 17.8. The second-order valence-electron chi connectivity index (χ2n) is 14.0. The fourth-order valence-corrected chi connectivity index (χ4v) is 6.09. The number of fused-ring (bicyclic) bond motifs is 1. The molecule has 3 aromatic carbocycles. The topological polar surface area (TPSA) is 75.0 Å². The minimum atomic E-state index is -0.419. The normalized spacial score (nSPS) is 14.9. The zero-order valence-electron chi connectivity index (χ0n) is 30.5. The van der Waals surface area contributed by atoms with Crippen LogP contribution in [0.15, 0.2) is 94.9 Å². The Morgan fingerprint density at radius 3 is 2.28 bits per heavy atom. The van der Waals surface area contributed by atoms with Gasteiger partial charge in [-0.1, -0.05) is 93.6 Å². The Morgan fingerprint density at radius 2 is 1.60 bits per heavy atom. The Balaban J connectivity index is 0.000000541. The second kappa shape index (κ2) is 19.6. The van der Waals surface area contributed by atoms with Gasteiger partial charge in [-0.3, -0.25) is 4.79 Å². The monoisotopic (exact) mass is 676 g/mol. The van der Waals surface area contributed by atoms with E-state index in [4.69, 9.17) is 18.6 Å². The molecule has 264 valence electrons. The van der Waals surface area contributed by atoms with Gasteiger partial charge in [0.05, 0.1) is 13.0 Å². The summed E-state index contributed by atoms with van der Waals surface area (Å²) in [5.74, 6) is 8.30. The summed E-state index contributed by atoms with van der Waals surface area (Å²) in [5, 5.41) is 0.949. The SMILES string of the molecule is COCc1ccccc1.Cc1ccc(C#Cc2ccc3oc(CCC(=O)OCC4C/C(=C\CC(CC(C)C)CC(C)C)C(=O)O4)cc3c2)cc1. The van der Waals surface area contributed by atoms with E-state index in [1.807, 2.05) is 84.9 Å². The maximum atomic E-state index is 12.4. The highest BCUT2D eigenvalue weighted by Gasteiger charge is 2.30. The Bertz CT molecular complexity index is 1740. The molecule has 6 nitrogen and oxygen atoms in total. The molecule has 0 spiro atoms. The van der Waals surface area contributed by atoms with E-state index in [1.54, 1.807) is 7.11 Å². The molecule has 0 bridgehead atoms. The number of methoxy groups -OCH3 is 1. The number of ether oxygens (including phenoxy) is 3. The largest absolute Gasteiger partial charge is 0.462 e. The summed E-state index contributed by atoms with van der Waals surface area (Å²) in [6.07, 6.45) is 5.90. The van der Waals surface area contributed by atoms with E-state index in [0.29, 0.717) is 42.8 Å². The molecule has 0 aliphatic carbocycles. The Hall–Kier alpha value is -4.60. The first kappa shape index (κ1) is 38.2. The Kier molecular flexibility index (Phi) is 14.9. The van der Waals surface area contributed by atoms with Crippen LogP contribution in [0.1, 0.15) is 87.8 Å². The van der Waals surface area contributed by atoms with Crippen molar-refractivity contribution in [2.24, 2.45) is 17.8 Å². The first-order chi connectivity index (χ1) is 24.1. The number of esters is 2. The van der Waals surface area contributed by atoms with E-state index < -0.39 is 6.10 Å². The van der Waals surface area contributed by atoms with E-state index in [9.17, 15) is 9.59 Å². The summed E-state index contributed by atoms with van der Waals surface area (Å²) in [6, 6.07) is 26.0. The fraction of sp³-hybridized carbons (Fsp3) is 0.409. The number of carbonyl (C=O) groups is 2. The van der Waals surface area contributed by atoms with Crippen molar-refractivity contribution in [3.8, 4) is 11.8 Å². The Morgan fingerprint density at radius 1 is 0.920 bits per heavy atom. The minimum Gasteiger partial charge on any atom is -0.462 e. The van der Waals surface area contributed by atoms with Crippen molar-refractivity contribution < 1.29 is 28.2 Å². The van der Waals surface area contributed by atoms with Crippen LogP contribution in [-0.4, -0.2) is 31.8 Å². The zero-order chi connectivity index (χ0) is 35.9. The number of benzene rings is 3. The van der Waals surface area contributed by atoms with Crippen molar-refractivity contribution in [1.29, 1.82) is 0 Å². The van der Waals surface area contributed by atoms with Crippen molar-refractivity contribution in [3.63, 3.8) is 0 Å². The number of cyclic esters (lactones) is 1. The van der Waals surface area contributed by atoms with Gasteiger partial charge in [0.15, 0.2) is 0 Å². The van der Waals surface area contributed by atoms with Gasteiger partial charge in [0.2, 0.25) is 0 Å². The highest BCUT2D eigenvalue weighted by molar-refractivity contribution is 5.90. The van der Waals surface area contributed by atoms with E-state index in [0.717, 1.165) is 47.1 Å². The molecule has 0 saturated carbocycles. The third-order valence-corrected chi connectivity index (χ3v) is 8.42. The lowest BCUT2D eigenvalue weighted by atomic mass is 9.86. The molecule has 1 saturated heterocycles. The van der Waals surface area contributed by atoms with Crippen molar-refractivity contribution in [3.05, 3.63) is 119 Å². The molecule has 0 radical (unpaired) electrons. The second-order valence-corrected chi connectivity index (χ2v) is 14.0. The third kappa shape index (κ3) is 13.0. The van der Waals surface area contributed by atoms with E-state index >= 15 is 0 Å². The molecule has 2 heterocycles. The predicted molar refractivity (Wildman–Crippen MR) is 199 cm³/mol. The molecule has 1 fully saturated rings. The fourth-order valence-electron chi connectivity index (χ4n) is 6.09. The van der Waals surface area contributed by atoms with Crippen LogP contribution in [0.2, 0.25) is 0 Å². The summed E-state index contributed by atoms with van der Waals surface area (Å²) in [7, 11) is 1.70. The lowest BCUT2D eigenvalue weighted by Crippen LogP contribution is -2.18. The smallest absolute Gasteiger partial charge is 0.334 e. The van der Waals surface area contributed by atoms with Crippen LogP contribution in [-0.2, 0) is 36.8 Å². The predicted octanol–water partition coefficient (Wildman–Crippen LogP) is 9.79. The molecule has 50 heavy (non-hydrogen) atoms. The van der Waals surface area contributed by atoms with Gasteiger partial charge in [-0.2, -0.15) is 0 Å². The molecule has 1 aliphatic rings. The van der Waals surface area contributed by atoms with Gasteiger partial charge in [-0.15, -0.1) is 0 Å². The van der Waals surface area contributed by atoms with E-state index in [2.05, 4.69) is 46.5 Å². The number of aryl methyl sites for hydroxylation is 2. The highest BCUT2D eigenvalue weighted by Crippen LogP contribution is 2.28. The van der Waals surface area contributed by atoms with Gasteiger partial charge in [-0.25, -0.2) is 4.79 Å². The number of rotatable bonds is 13. The molecule has 0 N–H and O–H groups in total. The molecular formula is C44H52O6. The van der Waals surface area contributed by atoms with Gasteiger partial charge < -0.3 is 18.6 Å². The molecule has 0 amide bonds. The third-order valence-electron chi connectivity index (χ3n) is 8.42. The van der Waals surface area contributed by atoms with Crippen LogP contribution in [0.4, 0.5) is 0 Å². The molecule has 1 unspecified atom stereocenters. The summed E-state index contributed by atoms with van der Waals surface area (Å²) < 4.78 is 21.8. The summed E-state index contributed by atoms with van der Waals surface area (Å²) in [6.45, 7) is 11.8. The van der Waals surface area contributed by atoms with E-state index in [1.165, 1.54) is 11.1 Å². The summed E-state index contributed by atoms with van der Waals surface area (Å²) in [5.41, 5.74) is 5.76. The standard InChI is InChI=1S/C36H42O5.C8H10O/c1-24(2)18-29(19-25(3)4)12-14-30-21-33(41-36(30)38)23-39-35(37)17-15-32-22-31-20-28(13-16-34(31)40-32)11-10-27-8-6-26(5)7-9-27;1-9-7-8-5-3-2-4-6-8/h6-9,13-14,16,20,22,24-25,29,33H,12,15,17-19,21,23H2,1-5H3;2-6H,7H2,1H3/b30-14+;. The molecular weight excluding hydrogens is 624 g/mol. The van der Waals surface area contributed by atoms with Gasteiger partial charge in [0, 0.05) is 42.0 Å². The zero-order valence-corrected chi connectivity index (χ0v) is 30.5. The molecule has 1 aliphatic heterocycles. The first-order valence-corrected chi connectivity index (χ1v) is 17.8. The lowest BCUT2D eigenvalue weighted by Gasteiger charge is -2.19. The van der Waals surface area contributed by atoms with Gasteiger partial charge in [0.25, 0.3) is 0 Å². The summed E-state index contributed by atoms with van der Waals surface area (Å²) in [4.78, 5) is 24.8. The quantitative estimate of drug-likeness (QED) is 0.0798. The van der Waals surface area contributed by atoms with Crippen LogP contribution < -0.4 is 0 Å². The molecule has 4 aromatic rings. The summed E-state index contributed by atoms with van der Waals surface area (Å²) >= 11 is 0. The molecule has 6 heteroatoms. The number of allylic oxidation sites excluding steroid dienone is 1. The van der Waals surface area contributed by atoms with Crippen molar-refractivity contribution >= 4 is 22.9 Å². The van der Waals surface area contributed by atoms with Crippen molar-refractivity contribution in [2.75, 3.05) is 13.7 Å². The van der Waals surface area contributed by atoms with Crippen LogP contribution >= 0.6 is 0 Å². The van der Waals surface area contributed by atoms with E-state index in [-0.39, 0.29) is 25.0 Å². The highest BCUT2D eigenvalue weighted by atomic mass is 16.6.